The molecular formula is C13H20ClN3OS. The lowest BCUT2D eigenvalue weighted by atomic mass is 9.89. The van der Waals surface area contributed by atoms with Crippen LogP contribution >= 0.6 is 23.7 Å². The molecule has 1 saturated carbocycles. The van der Waals surface area contributed by atoms with Gasteiger partial charge in [0.15, 0.2) is 5.13 Å². The van der Waals surface area contributed by atoms with Crippen LogP contribution in [-0.4, -0.2) is 16.4 Å². The van der Waals surface area contributed by atoms with Gasteiger partial charge in [0.05, 0.1) is 11.2 Å². The van der Waals surface area contributed by atoms with Gasteiger partial charge in [-0.3, -0.25) is 4.79 Å². The summed E-state index contributed by atoms with van der Waals surface area (Å²) in [5.74, 6) is 0.714. The molecular weight excluding hydrogens is 282 g/mol. The summed E-state index contributed by atoms with van der Waals surface area (Å²) in [5, 5.41) is 3.61. The summed E-state index contributed by atoms with van der Waals surface area (Å²) in [4.78, 5) is 17.7. The van der Waals surface area contributed by atoms with E-state index in [0.29, 0.717) is 0 Å². The second kappa shape index (κ2) is 5.38. The maximum Gasteiger partial charge on any atom is 0.246 e. The van der Waals surface area contributed by atoms with E-state index in [-0.39, 0.29) is 18.3 Å². The highest BCUT2D eigenvalue weighted by atomic mass is 35.5. The number of hydrogen-bond acceptors (Lipinski definition) is 4. The molecule has 0 aromatic carbocycles. The molecule has 0 radical (unpaired) electrons. The Morgan fingerprint density at radius 1 is 1.58 bits per heavy atom. The molecule has 2 aliphatic carbocycles. The zero-order chi connectivity index (χ0) is 12.8. The van der Waals surface area contributed by atoms with Gasteiger partial charge in [-0.25, -0.2) is 4.98 Å². The Kier molecular flexibility index (Phi) is 4.18. The number of carbonyl (C=O) groups excluding carboxylic acids is 1. The van der Waals surface area contributed by atoms with Crippen molar-refractivity contribution in [2.75, 3.05) is 5.32 Å². The van der Waals surface area contributed by atoms with Crippen molar-refractivity contribution in [2.24, 2.45) is 11.7 Å². The molecule has 3 N–H and O–H groups in total. The summed E-state index contributed by atoms with van der Waals surface area (Å²) in [7, 11) is 0. The van der Waals surface area contributed by atoms with Crippen LogP contribution in [0.5, 0.6) is 0 Å². The fourth-order valence-electron chi connectivity index (χ4n) is 2.43. The summed E-state index contributed by atoms with van der Waals surface area (Å²) in [6, 6.07) is 0. The highest BCUT2D eigenvalue weighted by Crippen LogP contribution is 2.36. The summed E-state index contributed by atoms with van der Waals surface area (Å²) in [6.07, 6.45) is 6.21. The molecule has 1 aromatic heterocycles. The fraction of sp³-hybridized carbons (Fsp3) is 0.692. The van der Waals surface area contributed by atoms with Gasteiger partial charge in [0.1, 0.15) is 0 Å². The molecule has 1 aromatic rings. The molecule has 1 unspecified atom stereocenters. The number of halogens is 1. The molecule has 0 saturated heterocycles. The molecule has 1 amide bonds. The van der Waals surface area contributed by atoms with E-state index < -0.39 is 5.54 Å². The van der Waals surface area contributed by atoms with Crippen molar-refractivity contribution in [2.45, 2.75) is 51.0 Å². The Labute approximate surface area is 123 Å². The number of thiazole rings is 1. The topological polar surface area (TPSA) is 68.0 Å². The molecule has 0 aliphatic heterocycles. The number of rotatable bonds is 3. The predicted molar refractivity (Wildman–Crippen MR) is 80.0 cm³/mol. The standard InChI is InChI=1S/C13H19N3OS.ClH/c1-2-8-3-4-9-10(7-8)18-12(15-9)16-11(17)13(14)5-6-13;/h8H,2-7,14H2,1H3,(H,15,16,17);1H. The van der Waals surface area contributed by atoms with E-state index in [1.807, 2.05) is 0 Å². The van der Waals surface area contributed by atoms with Crippen molar-refractivity contribution in [3.05, 3.63) is 10.6 Å². The number of aromatic nitrogens is 1. The van der Waals surface area contributed by atoms with Crippen molar-refractivity contribution in [3.8, 4) is 0 Å². The van der Waals surface area contributed by atoms with Crippen LogP contribution < -0.4 is 11.1 Å². The molecule has 4 nitrogen and oxygen atoms in total. The molecule has 1 fully saturated rings. The molecule has 1 atom stereocenters. The quantitative estimate of drug-likeness (QED) is 0.901. The number of amides is 1. The van der Waals surface area contributed by atoms with E-state index in [2.05, 4.69) is 17.2 Å². The van der Waals surface area contributed by atoms with E-state index in [1.54, 1.807) is 11.3 Å². The second-order valence-corrected chi connectivity index (χ2v) is 6.60. The Balaban J connectivity index is 0.00000133. The third-order valence-corrected chi connectivity index (χ3v) is 5.12. The van der Waals surface area contributed by atoms with Crippen LogP contribution in [0.2, 0.25) is 0 Å². The first-order valence-corrected chi connectivity index (χ1v) is 7.51. The van der Waals surface area contributed by atoms with E-state index in [4.69, 9.17) is 5.73 Å². The van der Waals surface area contributed by atoms with Gasteiger partial charge in [0, 0.05) is 4.88 Å². The molecule has 1 heterocycles. The van der Waals surface area contributed by atoms with E-state index >= 15 is 0 Å². The zero-order valence-electron chi connectivity index (χ0n) is 11.1. The maximum absolute atomic E-state index is 11.9. The van der Waals surface area contributed by atoms with Crippen molar-refractivity contribution < 1.29 is 4.79 Å². The molecule has 0 bridgehead atoms. The van der Waals surface area contributed by atoms with Crippen LogP contribution in [0.15, 0.2) is 0 Å². The van der Waals surface area contributed by atoms with Crippen molar-refractivity contribution in [1.29, 1.82) is 0 Å². The molecule has 3 rings (SSSR count). The van der Waals surface area contributed by atoms with Crippen LogP contribution in [0.3, 0.4) is 0 Å². The Bertz CT molecular complexity index is 484. The monoisotopic (exact) mass is 301 g/mol. The molecule has 106 valence electrons. The number of anilines is 1. The first-order chi connectivity index (χ1) is 8.60. The lowest BCUT2D eigenvalue weighted by molar-refractivity contribution is -0.118. The second-order valence-electron chi connectivity index (χ2n) is 5.52. The number of nitrogens with zero attached hydrogens (tertiary/aromatic N) is 1. The van der Waals surface area contributed by atoms with Gasteiger partial charge in [0.2, 0.25) is 5.91 Å². The van der Waals surface area contributed by atoms with Crippen molar-refractivity contribution >= 4 is 34.8 Å². The molecule has 19 heavy (non-hydrogen) atoms. The number of nitrogens with one attached hydrogen (secondary N) is 1. The number of aryl methyl sites for hydroxylation is 1. The van der Waals surface area contributed by atoms with Crippen LogP contribution in [0.1, 0.15) is 43.2 Å². The van der Waals surface area contributed by atoms with E-state index in [0.717, 1.165) is 36.7 Å². The Hall–Kier alpha value is -0.650. The highest BCUT2D eigenvalue weighted by Gasteiger charge is 2.46. The fourth-order valence-corrected chi connectivity index (χ4v) is 3.55. The van der Waals surface area contributed by atoms with Gasteiger partial charge in [-0.2, -0.15) is 0 Å². The summed E-state index contributed by atoms with van der Waals surface area (Å²) >= 11 is 1.63. The van der Waals surface area contributed by atoms with Gasteiger partial charge in [0.25, 0.3) is 0 Å². The number of hydrogen-bond donors (Lipinski definition) is 2. The van der Waals surface area contributed by atoms with Crippen molar-refractivity contribution in [1.82, 2.24) is 4.98 Å². The Morgan fingerprint density at radius 2 is 2.32 bits per heavy atom. The first kappa shape index (κ1) is 14.8. The lowest BCUT2D eigenvalue weighted by Crippen LogP contribution is -2.37. The van der Waals surface area contributed by atoms with Crippen LogP contribution in [0.4, 0.5) is 5.13 Å². The number of carbonyl (C=O) groups is 1. The minimum absolute atomic E-state index is 0. The van der Waals surface area contributed by atoms with Gasteiger partial charge in [-0.1, -0.05) is 13.3 Å². The minimum atomic E-state index is -0.613. The normalized spacial score (nSPS) is 23.2. The number of fused-ring (bicyclic) bond motifs is 1. The van der Waals surface area contributed by atoms with Crippen molar-refractivity contribution in [3.63, 3.8) is 0 Å². The number of nitrogens with two attached hydrogens (primary N) is 1. The first-order valence-electron chi connectivity index (χ1n) is 6.69. The predicted octanol–water partition coefficient (Wildman–Crippen LogP) is 2.51. The summed E-state index contributed by atoms with van der Waals surface area (Å²) in [5.41, 5.74) is 6.44. The molecule has 6 heteroatoms. The van der Waals surface area contributed by atoms with Crippen LogP contribution in [-0.2, 0) is 17.6 Å². The van der Waals surface area contributed by atoms with Gasteiger partial charge < -0.3 is 11.1 Å². The maximum atomic E-state index is 11.9. The van der Waals surface area contributed by atoms with E-state index in [9.17, 15) is 4.79 Å². The SMILES string of the molecule is CCC1CCc2nc(NC(=O)C3(N)CC3)sc2C1.Cl. The Morgan fingerprint density at radius 3 is 2.95 bits per heavy atom. The van der Waals surface area contributed by atoms with Gasteiger partial charge in [-0.15, -0.1) is 23.7 Å². The summed E-state index contributed by atoms with van der Waals surface area (Å²) in [6.45, 7) is 2.24. The van der Waals surface area contributed by atoms with Crippen LogP contribution in [0.25, 0.3) is 0 Å². The average molecular weight is 302 g/mol. The molecule has 0 spiro atoms. The lowest BCUT2D eigenvalue weighted by Gasteiger charge is -2.18. The smallest absolute Gasteiger partial charge is 0.246 e. The third kappa shape index (κ3) is 2.93. The summed E-state index contributed by atoms with van der Waals surface area (Å²) < 4.78 is 0. The highest BCUT2D eigenvalue weighted by molar-refractivity contribution is 7.15. The van der Waals surface area contributed by atoms with Gasteiger partial charge in [-0.05, 0) is 38.0 Å². The zero-order valence-corrected chi connectivity index (χ0v) is 12.7. The molecule has 2 aliphatic rings. The minimum Gasteiger partial charge on any atom is -0.317 e. The third-order valence-electron chi connectivity index (χ3n) is 4.08. The average Bonchev–Trinajstić information content (AvgIpc) is 2.99. The van der Waals surface area contributed by atoms with Gasteiger partial charge >= 0.3 is 0 Å². The van der Waals surface area contributed by atoms with E-state index in [1.165, 1.54) is 23.4 Å². The van der Waals surface area contributed by atoms with Crippen LogP contribution in [0, 0.1) is 5.92 Å². The largest absolute Gasteiger partial charge is 0.317 e.